The van der Waals surface area contributed by atoms with E-state index < -0.39 is 41.5 Å². The average molecular weight is 427 g/mol. The van der Waals surface area contributed by atoms with Crippen LogP contribution in [0.4, 0.5) is 23.8 Å². The smallest absolute Gasteiger partial charge is 0.422 e. The summed E-state index contributed by atoms with van der Waals surface area (Å²) in [6, 6.07) is 2.42. The molecule has 0 aliphatic heterocycles. The van der Waals surface area contributed by atoms with Gasteiger partial charge in [0.15, 0.2) is 5.60 Å². The maximum absolute atomic E-state index is 13.8. The number of anilines is 1. The fourth-order valence-corrected chi connectivity index (χ4v) is 3.24. The van der Waals surface area contributed by atoms with Crippen LogP contribution in [-0.2, 0) is 15.1 Å². The molecule has 2 aromatic rings. The van der Waals surface area contributed by atoms with Gasteiger partial charge in [0, 0.05) is 22.4 Å². The molecule has 1 amide bonds. The molecule has 148 valence electrons. The molecular formula is C16H15Cl2F3N2O4. The van der Waals surface area contributed by atoms with Crippen LogP contribution < -0.4 is 5.32 Å². The highest BCUT2D eigenvalue weighted by Crippen LogP contribution is 2.48. The van der Waals surface area contributed by atoms with Gasteiger partial charge in [0.05, 0.1) is 17.1 Å². The normalized spacial score (nSPS) is 14.1. The van der Waals surface area contributed by atoms with Gasteiger partial charge in [0.25, 0.3) is 0 Å². The highest BCUT2D eigenvalue weighted by atomic mass is 35.5. The lowest BCUT2D eigenvalue weighted by Gasteiger charge is -2.30. The van der Waals surface area contributed by atoms with Crippen LogP contribution in [0.5, 0.6) is 0 Å². The van der Waals surface area contributed by atoms with Gasteiger partial charge in [-0.2, -0.15) is 13.2 Å². The molecule has 1 unspecified atom stereocenters. The van der Waals surface area contributed by atoms with Gasteiger partial charge in [-0.25, -0.2) is 4.79 Å². The molecule has 6 nitrogen and oxygen atoms in total. The number of nitrogens with one attached hydrogen (secondary N) is 2. The lowest BCUT2D eigenvalue weighted by Crippen LogP contribution is -2.44. The Kier molecular flexibility index (Phi) is 5.98. The molecule has 3 N–H and O–H groups in total. The third-order valence-electron chi connectivity index (χ3n) is 3.71. The van der Waals surface area contributed by atoms with Gasteiger partial charge < -0.3 is 14.8 Å². The molecule has 1 atom stereocenters. The Morgan fingerprint density at radius 2 is 1.93 bits per heavy atom. The van der Waals surface area contributed by atoms with E-state index in [0.717, 1.165) is 13.0 Å². The van der Waals surface area contributed by atoms with E-state index >= 15 is 0 Å². The molecule has 0 fully saturated rings. The number of H-pyrrole nitrogens is 1. The first-order valence-corrected chi connectivity index (χ1v) is 8.39. The van der Waals surface area contributed by atoms with Crippen LogP contribution >= 0.6 is 23.2 Å². The van der Waals surface area contributed by atoms with Crippen LogP contribution in [0.15, 0.2) is 12.1 Å². The number of aliphatic hydroxyl groups is 1. The number of amides is 1. The van der Waals surface area contributed by atoms with Crippen molar-refractivity contribution in [2.75, 3.05) is 11.9 Å². The van der Waals surface area contributed by atoms with E-state index in [9.17, 15) is 27.9 Å². The third-order valence-corrected chi connectivity index (χ3v) is 4.23. The van der Waals surface area contributed by atoms with Gasteiger partial charge >= 0.3 is 12.3 Å². The summed E-state index contributed by atoms with van der Waals surface area (Å²) < 4.78 is 46.1. The van der Waals surface area contributed by atoms with Crippen LogP contribution in [0, 0.1) is 0 Å². The Balaban J connectivity index is 2.84. The van der Waals surface area contributed by atoms with Crippen molar-refractivity contribution in [2.45, 2.75) is 32.0 Å². The van der Waals surface area contributed by atoms with Gasteiger partial charge in [0.2, 0.25) is 0 Å². The fraction of sp³-hybridized carbons (Fsp3) is 0.375. The van der Waals surface area contributed by atoms with E-state index in [4.69, 9.17) is 23.2 Å². The summed E-state index contributed by atoms with van der Waals surface area (Å²) in [4.78, 5) is 25.7. The van der Waals surface area contributed by atoms with Gasteiger partial charge in [0.1, 0.15) is 11.6 Å². The van der Waals surface area contributed by atoms with E-state index in [1.165, 1.54) is 13.0 Å². The molecule has 0 aliphatic rings. The highest BCUT2D eigenvalue weighted by Gasteiger charge is 2.58. The molecule has 1 aromatic heterocycles. The minimum Gasteiger partial charge on any atom is -0.450 e. The minimum atomic E-state index is -5.24. The first kappa shape index (κ1) is 21.3. The standard InChI is InChI=1S/C16H15Cl2F3N2O4/c1-3-27-14(25)23-13-11(15(26,6-7(2)24)16(19,20)21)9-4-8(17)5-10(18)12(9)22-13/h4-5,22,26H,3,6H2,1-2H3,(H,23,25). The van der Waals surface area contributed by atoms with Crippen molar-refractivity contribution in [2.24, 2.45) is 0 Å². The summed E-state index contributed by atoms with van der Waals surface area (Å²) in [5.74, 6) is -1.42. The quantitative estimate of drug-likeness (QED) is 0.641. The Morgan fingerprint density at radius 3 is 2.44 bits per heavy atom. The molecule has 11 heteroatoms. The van der Waals surface area contributed by atoms with Crippen LogP contribution in [0.1, 0.15) is 25.8 Å². The second kappa shape index (κ2) is 7.57. The molecule has 0 aliphatic carbocycles. The topological polar surface area (TPSA) is 91.4 Å². The number of Topliss-reactive ketones (excluding diaryl/α,β-unsaturated/α-hetero) is 1. The molecule has 0 spiro atoms. The van der Waals surface area contributed by atoms with Gasteiger partial charge in [-0.05, 0) is 26.0 Å². The number of benzene rings is 1. The average Bonchev–Trinajstić information content (AvgIpc) is 2.84. The van der Waals surface area contributed by atoms with Crippen molar-refractivity contribution in [1.29, 1.82) is 0 Å². The number of ketones is 1. The van der Waals surface area contributed by atoms with Crippen molar-refractivity contribution in [3.63, 3.8) is 0 Å². The molecule has 0 radical (unpaired) electrons. The number of aromatic nitrogens is 1. The maximum Gasteiger partial charge on any atom is 0.422 e. The number of ether oxygens (including phenoxy) is 1. The lowest BCUT2D eigenvalue weighted by atomic mass is 9.87. The first-order valence-electron chi connectivity index (χ1n) is 7.64. The van der Waals surface area contributed by atoms with E-state index in [-0.39, 0.29) is 27.6 Å². The lowest BCUT2D eigenvalue weighted by molar-refractivity contribution is -0.266. The Morgan fingerprint density at radius 1 is 1.30 bits per heavy atom. The summed E-state index contributed by atoms with van der Waals surface area (Å²) in [7, 11) is 0. The zero-order chi connectivity index (χ0) is 20.6. The number of hydrogen-bond donors (Lipinski definition) is 3. The van der Waals surface area contributed by atoms with E-state index in [1.54, 1.807) is 0 Å². The summed E-state index contributed by atoms with van der Waals surface area (Å²) in [6.45, 7) is 2.37. The molecule has 0 saturated heterocycles. The largest absolute Gasteiger partial charge is 0.450 e. The number of alkyl halides is 3. The van der Waals surface area contributed by atoms with Crippen LogP contribution in [0.25, 0.3) is 10.9 Å². The van der Waals surface area contributed by atoms with Gasteiger partial charge in [-0.1, -0.05) is 23.2 Å². The minimum absolute atomic E-state index is 0.00258. The number of rotatable bonds is 5. The van der Waals surface area contributed by atoms with Crippen molar-refractivity contribution in [3.05, 3.63) is 27.7 Å². The number of carbonyl (C=O) groups excluding carboxylic acids is 2. The zero-order valence-corrected chi connectivity index (χ0v) is 15.6. The highest BCUT2D eigenvalue weighted by molar-refractivity contribution is 6.38. The summed E-state index contributed by atoms with van der Waals surface area (Å²) in [5, 5.41) is 12.4. The molecule has 2 rings (SSSR count). The van der Waals surface area contributed by atoms with Gasteiger partial charge in [-0.15, -0.1) is 0 Å². The van der Waals surface area contributed by atoms with Crippen molar-refractivity contribution in [3.8, 4) is 0 Å². The second-order valence-electron chi connectivity index (χ2n) is 5.77. The van der Waals surface area contributed by atoms with Crippen molar-refractivity contribution < 1.29 is 32.6 Å². The third kappa shape index (κ3) is 4.15. The summed E-state index contributed by atoms with van der Waals surface area (Å²) in [6.07, 6.45) is -7.57. The fourth-order valence-electron chi connectivity index (χ4n) is 2.70. The Bertz CT molecular complexity index is 898. The van der Waals surface area contributed by atoms with E-state index in [2.05, 4.69) is 15.0 Å². The number of aromatic amines is 1. The number of halogens is 5. The second-order valence-corrected chi connectivity index (χ2v) is 6.61. The molecule has 27 heavy (non-hydrogen) atoms. The van der Waals surface area contributed by atoms with E-state index in [1.807, 2.05) is 0 Å². The predicted octanol–water partition coefficient (Wildman–Crippen LogP) is 4.77. The first-order chi connectivity index (χ1) is 12.4. The Hall–Kier alpha value is -1.97. The summed E-state index contributed by atoms with van der Waals surface area (Å²) >= 11 is 11.9. The van der Waals surface area contributed by atoms with Crippen molar-refractivity contribution in [1.82, 2.24) is 4.98 Å². The van der Waals surface area contributed by atoms with Crippen LogP contribution in [0.2, 0.25) is 10.0 Å². The molecular weight excluding hydrogens is 412 g/mol. The molecule has 0 bridgehead atoms. The monoisotopic (exact) mass is 426 g/mol. The summed E-state index contributed by atoms with van der Waals surface area (Å²) in [5.41, 5.74) is -4.38. The zero-order valence-electron chi connectivity index (χ0n) is 14.1. The molecule has 1 aromatic carbocycles. The molecule has 0 saturated carbocycles. The van der Waals surface area contributed by atoms with Crippen molar-refractivity contribution >= 4 is 51.8 Å². The Labute approximate surface area is 161 Å². The van der Waals surface area contributed by atoms with Gasteiger partial charge in [-0.3, -0.25) is 10.1 Å². The van der Waals surface area contributed by atoms with Crippen LogP contribution in [0.3, 0.4) is 0 Å². The number of carbonyl (C=O) groups is 2. The number of fused-ring (bicyclic) bond motifs is 1. The maximum atomic E-state index is 13.8. The van der Waals surface area contributed by atoms with E-state index in [0.29, 0.717) is 0 Å². The predicted molar refractivity (Wildman–Crippen MR) is 94.2 cm³/mol. The van der Waals surface area contributed by atoms with Crippen LogP contribution in [-0.4, -0.2) is 34.8 Å². The molecule has 1 heterocycles. The number of hydrogen-bond acceptors (Lipinski definition) is 4. The SMILES string of the molecule is CCOC(=O)Nc1[nH]c2c(Cl)cc(Cl)cc2c1C(O)(CC(C)=O)C(F)(F)F.